The molecule has 2 aromatic rings. The number of amides is 1. The van der Waals surface area contributed by atoms with Gasteiger partial charge in [-0.2, -0.15) is 0 Å². The van der Waals surface area contributed by atoms with Crippen LogP contribution in [0, 0.1) is 6.92 Å². The zero-order valence-corrected chi connectivity index (χ0v) is 15.1. The monoisotopic (exact) mass is 391 g/mol. The number of anilines is 1. The third kappa shape index (κ3) is 5.09. The van der Waals surface area contributed by atoms with Gasteiger partial charge in [-0.3, -0.25) is 4.79 Å². The Bertz CT molecular complexity index is 718. The van der Waals surface area contributed by atoms with Crippen molar-refractivity contribution in [3.05, 3.63) is 58.6 Å². The summed E-state index contributed by atoms with van der Waals surface area (Å²) >= 11 is 3.37. The average Bonchev–Trinajstić information content (AvgIpc) is 2.59. The molecule has 0 aliphatic carbocycles. The lowest BCUT2D eigenvalue weighted by Gasteiger charge is -2.17. The van der Waals surface area contributed by atoms with Crippen LogP contribution in [-0.4, -0.2) is 32.1 Å². The molecular weight excluding hydrogens is 374 g/mol. The highest BCUT2D eigenvalue weighted by molar-refractivity contribution is 9.10. The molecule has 0 spiro atoms. The fraction of sp³-hybridized carbons (Fsp3) is 0.222. The van der Waals surface area contributed by atoms with E-state index in [1.807, 2.05) is 37.3 Å². The number of benzene rings is 2. The Morgan fingerprint density at radius 3 is 2.46 bits per heavy atom. The van der Waals surface area contributed by atoms with Crippen molar-refractivity contribution in [1.82, 2.24) is 0 Å². The summed E-state index contributed by atoms with van der Waals surface area (Å²) in [6, 6.07) is 14.7. The second-order valence-corrected chi connectivity index (χ2v) is 6.03. The van der Waals surface area contributed by atoms with Crippen LogP contribution < -0.4 is 9.64 Å². The molecule has 0 saturated carbocycles. The van der Waals surface area contributed by atoms with E-state index in [0.29, 0.717) is 5.75 Å². The summed E-state index contributed by atoms with van der Waals surface area (Å²) in [5.41, 5.74) is 1.81. The maximum Gasteiger partial charge on any atom is 0.344 e. The van der Waals surface area contributed by atoms with Gasteiger partial charge >= 0.3 is 5.97 Å². The fourth-order valence-corrected chi connectivity index (χ4v) is 2.54. The van der Waals surface area contributed by atoms with Crippen LogP contribution in [-0.2, 0) is 14.3 Å². The standard InChI is InChI=1S/C18H18BrNO4/c1-13-8-9-16(15(19)10-13)23-12-18(22)24-11-17(21)20(2)14-6-4-3-5-7-14/h3-10H,11-12H2,1-2H3. The lowest BCUT2D eigenvalue weighted by molar-refractivity contribution is -0.149. The quantitative estimate of drug-likeness (QED) is 0.708. The Kier molecular flexibility index (Phi) is 6.37. The molecule has 0 aliphatic rings. The molecule has 1 amide bonds. The highest BCUT2D eigenvalue weighted by atomic mass is 79.9. The maximum atomic E-state index is 12.0. The van der Waals surface area contributed by atoms with E-state index in [4.69, 9.17) is 9.47 Å². The van der Waals surface area contributed by atoms with Crippen molar-refractivity contribution in [3.63, 3.8) is 0 Å². The fourth-order valence-electron chi connectivity index (χ4n) is 1.94. The van der Waals surface area contributed by atoms with Crippen LogP contribution in [0.1, 0.15) is 5.56 Å². The lowest BCUT2D eigenvalue weighted by Crippen LogP contribution is -2.31. The number of para-hydroxylation sites is 1. The number of carbonyl (C=O) groups excluding carboxylic acids is 2. The molecule has 0 N–H and O–H groups in total. The van der Waals surface area contributed by atoms with Gasteiger partial charge in [-0.1, -0.05) is 24.3 Å². The first-order chi connectivity index (χ1) is 11.5. The number of likely N-dealkylation sites (N-methyl/N-ethyl adjacent to an activating group) is 1. The molecule has 6 heteroatoms. The van der Waals surface area contributed by atoms with Gasteiger partial charge in [0, 0.05) is 12.7 Å². The molecule has 0 saturated heterocycles. The van der Waals surface area contributed by atoms with Crippen molar-refractivity contribution < 1.29 is 19.1 Å². The molecule has 0 unspecified atom stereocenters. The molecule has 0 aromatic heterocycles. The molecule has 0 radical (unpaired) electrons. The van der Waals surface area contributed by atoms with E-state index in [9.17, 15) is 9.59 Å². The molecule has 5 nitrogen and oxygen atoms in total. The normalized spacial score (nSPS) is 10.1. The summed E-state index contributed by atoms with van der Waals surface area (Å²) in [6.45, 7) is 1.37. The van der Waals surface area contributed by atoms with Crippen LogP contribution in [0.25, 0.3) is 0 Å². The van der Waals surface area contributed by atoms with E-state index < -0.39 is 5.97 Å². The zero-order chi connectivity index (χ0) is 17.5. The van der Waals surface area contributed by atoms with E-state index in [1.165, 1.54) is 4.90 Å². The van der Waals surface area contributed by atoms with Gasteiger partial charge in [0.05, 0.1) is 4.47 Å². The summed E-state index contributed by atoms with van der Waals surface area (Å²) < 4.78 is 11.1. The first-order valence-electron chi connectivity index (χ1n) is 7.33. The molecule has 0 aliphatic heterocycles. The minimum Gasteiger partial charge on any atom is -0.481 e. The Morgan fingerprint density at radius 1 is 1.08 bits per heavy atom. The number of halogens is 1. The predicted molar refractivity (Wildman–Crippen MR) is 95.2 cm³/mol. The van der Waals surface area contributed by atoms with Gasteiger partial charge in [-0.15, -0.1) is 0 Å². The highest BCUT2D eigenvalue weighted by Gasteiger charge is 2.14. The molecule has 126 valence electrons. The van der Waals surface area contributed by atoms with Crippen molar-refractivity contribution in [3.8, 4) is 5.75 Å². The Balaban J connectivity index is 1.79. The van der Waals surface area contributed by atoms with Gasteiger partial charge in [-0.05, 0) is 52.7 Å². The van der Waals surface area contributed by atoms with Gasteiger partial charge in [0.15, 0.2) is 13.2 Å². The predicted octanol–water partition coefficient (Wildman–Crippen LogP) is 3.34. The summed E-state index contributed by atoms with van der Waals surface area (Å²) in [7, 11) is 1.63. The molecule has 24 heavy (non-hydrogen) atoms. The highest BCUT2D eigenvalue weighted by Crippen LogP contribution is 2.25. The molecular formula is C18H18BrNO4. The van der Waals surface area contributed by atoms with Crippen molar-refractivity contribution in [1.29, 1.82) is 0 Å². The number of aryl methyl sites for hydroxylation is 1. The Labute approximate surface area is 149 Å². The van der Waals surface area contributed by atoms with Crippen molar-refractivity contribution in [2.45, 2.75) is 6.92 Å². The third-order valence-corrected chi connectivity index (χ3v) is 3.93. The molecule has 0 fully saturated rings. The smallest absolute Gasteiger partial charge is 0.344 e. The first-order valence-corrected chi connectivity index (χ1v) is 8.13. The van der Waals surface area contributed by atoms with Crippen molar-refractivity contribution in [2.75, 3.05) is 25.2 Å². The van der Waals surface area contributed by atoms with Gasteiger partial charge in [0.25, 0.3) is 5.91 Å². The third-order valence-electron chi connectivity index (χ3n) is 3.31. The first kappa shape index (κ1) is 18.0. The van der Waals surface area contributed by atoms with E-state index in [1.54, 1.807) is 25.2 Å². The van der Waals surface area contributed by atoms with Crippen LogP contribution in [0.2, 0.25) is 0 Å². The van der Waals surface area contributed by atoms with Crippen molar-refractivity contribution >= 4 is 33.5 Å². The Hall–Kier alpha value is -2.34. The number of hydrogen-bond donors (Lipinski definition) is 0. The Morgan fingerprint density at radius 2 is 1.79 bits per heavy atom. The number of hydrogen-bond acceptors (Lipinski definition) is 4. The average molecular weight is 392 g/mol. The maximum absolute atomic E-state index is 12.0. The van der Waals surface area contributed by atoms with E-state index in [0.717, 1.165) is 15.7 Å². The molecule has 2 rings (SSSR count). The van der Waals surface area contributed by atoms with E-state index in [-0.39, 0.29) is 19.1 Å². The SMILES string of the molecule is Cc1ccc(OCC(=O)OCC(=O)N(C)c2ccccc2)c(Br)c1. The number of carbonyl (C=O) groups is 2. The second kappa shape index (κ2) is 8.49. The summed E-state index contributed by atoms with van der Waals surface area (Å²) in [5.74, 6) is -0.367. The van der Waals surface area contributed by atoms with Crippen LogP contribution >= 0.6 is 15.9 Å². The molecule has 0 heterocycles. The number of rotatable bonds is 6. The molecule has 0 atom stereocenters. The van der Waals surface area contributed by atoms with Crippen molar-refractivity contribution in [2.24, 2.45) is 0 Å². The number of ether oxygens (including phenoxy) is 2. The number of nitrogens with zero attached hydrogens (tertiary/aromatic N) is 1. The lowest BCUT2D eigenvalue weighted by atomic mass is 10.2. The minimum absolute atomic E-state index is 0.260. The van der Waals surface area contributed by atoms with Gasteiger partial charge < -0.3 is 14.4 Å². The second-order valence-electron chi connectivity index (χ2n) is 5.17. The largest absolute Gasteiger partial charge is 0.481 e. The van der Waals surface area contributed by atoms with Crippen LogP contribution in [0.5, 0.6) is 5.75 Å². The topological polar surface area (TPSA) is 55.8 Å². The van der Waals surface area contributed by atoms with Gasteiger partial charge in [0.2, 0.25) is 0 Å². The molecule has 2 aromatic carbocycles. The summed E-state index contributed by atoms with van der Waals surface area (Å²) in [4.78, 5) is 25.2. The van der Waals surface area contributed by atoms with Gasteiger partial charge in [0.1, 0.15) is 5.75 Å². The van der Waals surface area contributed by atoms with Crippen LogP contribution in [0.3, 0.4) is 0 Å². The van der Waals surface area contributed by atoms with E-state index >= 15 is 0 Å². The molecule has 0 bridgehead atoms. The van der Waals surface area contributed by atoms with Gasteiger partial charge in [-0.25, -0.2) is 4.79 Å². The number of esters is 1. The van der Waals surface area contributed by atoms with E-state index in [2.05, 4.69) is 15.9 Å². The van der Waals surface area contributed by atoms with Crippen LogP contribution in [0.4, 0.5) is 5.69 Å². The summed E-state index contributed by atoms with van der Waals surface area (Å²) in [6.07, 6.45) is 0. The minimum atomic E-state index is -0.600. The summed E-state index contributed by atoms with van der Waals surface area (Å²) in [5, 5.41) is 0. The zero-order valence-electron chi connectivity index (χ0n) is 13.5. The van der Waals surface area contributed by atoms with Crippen LogP contribution in [0.15, 0.2) is 53.0 Å².